The van der Waals surface area contributed by atoms with Gasteiger partial charge in [0.15, 0.2) is 18.3 Å². The molecule has 0 aliphatic rings. The fourth-order valence-electron chi connectivity index (χ4n) is 4.36. The van der Waals surface area contributed by atoms with E-state index in [1.165, 1.54) is 20.8 Å². The third-order valence-corrected chi connectivity index (χ3v) is 6.50. The lowest BCUT2D eigenvalue weighted by Gasteiger charge is -2.33. The van der Waals surface area contributed by atoms with Gasteiger partial charge in [0, 0.05) is 48.5 Å². The number of hydrogen-bond acceptors (Lipinski definition) is 23. The molecule has 1 unspecified atom stereocenters. The van der Waals surface area contributed by atoms with Gasteiger partial charge in [-0.2, -0.15) is 0 Å². The summed E-state index contributed by atoms with van der Waals surface area (Å²) in [7, 11) is 0. The number of alkyl carbamates (subject to hydrolysis) is 1. The highest BCUT2D eigenvalue weighted by molar-refractivity contribution is 5.81. The summed E-state index contributed by atoms with van der Waals surface area (Å²) in [6.45, 7) is 7.03. The summed E-state index contributed by atoms with van der Waals surface area (Å²) in [5, 5.41) is 34.5. The van der Waals surface area contributed by atoms with Gasteiger partial charge < -0.3 is 68.0 Å². The molecule has 4 N–H and O–H groups in total. The van der Waals surface area contributed by atoms with Gasteiger partial charge in [-0.1, -0.05) is 0 Å². The standard InChI is InChI=1S/C34H51NO23/c1-15(36)49-13-23(43)27(54-18(4)39)29(56-20(6)41)30(57-21(7)42)32(47)52-12-22(35-33(48)58-34(8,9)10)11-51-31(46)28(55-19(5)40)26(45)25(44)24(53-17(3)38)14-50-16(2)37/h22-30,43-45H,11-14H2,1-10H3,(H,35,48)/t22?,23-,24-,25-,26+,27-,28-,29+,30-/m1/s1. The molecule has 0 fully saturated rings. The Kier molecular flexibility index (Phi) is 22.5. The van der Waals surface area contributed by atoms with Gasteiger partial charge in [0.1, 0.15) is 56.4 Å². The lowest BCUT2D eigenvalue weighted by molar-refractivity contribution is -0.204. The molecule has 0 rings (SSSR count). The van der Waals surface area contributed by atoms with Crippen LogP contribution in [0.25, 0.3) is 0 Å². The monoisotopic (exact) mass is 841 g/mol. The molecule has 330 valence electrons. The van der Waals surface area contributed by atoms with Crippen molar-refractivity contribution in [2.24, 2.45) is 0 Å². The smallest absolute Gasteiger partial charge is 0.408 e. The summed E-state index contributed by atoms with van der Waals surface area (Å²) < 4.78 is 49.8. The van der Waals surface area contributed by atoms with E-state index in [0.29, 0.717) is 0 Å². The molecule has 1 amide bonds. The highest BCUT2D eigenvalue weighted by Gasteiger charge is 2.47. The summed E-state index contributed by atoms with van der Waals surface area (Å²) in [6, 6.07) is -1.61. The van der Waals surface area contributed by atoms with Crippen LogP contribution in [-0.4, -0.2) is 162 Å². The minimum Gasteiger partial charge on any atom is -0.463 e. The molecule has 0 spiro atoms. The van der Waals surface area contributed by atoms with E-state index in [2.05, 4.69) is 5.32 Å². The number of carbonyl (C=O) groups is 10. The van der Waals surface area contributed by atoms with Crippen molar-refractivity contribution in [1.82, 2.24) is 5.32 Å². The number of carbonyl (C=O) groups excluding carboxylic acids is 10. The molecule has 0 heterocycles. The van der Waals surface area contributed by atoms with E-state index in [4.69, 9.17) is 47.4 Å². The van der Waals surface area contributed by atoms with E-state index in [0.717, 1.165) is 48.5 Å². The van der Waals surface area contributed by atoms with Crippen molar-refractivity contribution in [2.75, 3.05) is 26.4 Å². The minimum absolute atomic E-state index is 0.804. The Hall–Kier alpha value is -5.62. The molecule has 0 radical (unpaired) electrons. The predicted octanol–water partition coefficient (Wildman–Crippen LogP) is -2.17. The van der Waals surface area contributed by atoms with E-state index >= 15 is 0 Å². The van der Waals surface area contributed by atoms with Crippen molar-refractivity contribution in [3.05, 3.63) is 0 Å². The molecule has 0 aromatic rings. The van der Waals surface area contributed by atoms with E-state index < -0.39 is 147 Å². The molecule has 0 aromatic heterocycles. The summed E-state index contributed by atoms with van der Waals surface area (Å²) >= 11 is 0. The normalized spacial score (nSPS) is 15.7. The van der Waals surface area contributed by atoms with Crippen LogP contribution in [0.1, 0.15) is 69.2 Å². The number of aliphatic hydroxyl groups excluding tert-OH is 3. The molecule has 0 saturated carbocycles. The van der Waals surface area contributed by atoms with Gasteiger partial charge in [0.05, 0.1) is 0 Å². The third-order valence-electron chi connectivity index (χ3n) is 6.50. The Morgan fingerprint density at radius 2 is 0.897 bits per heavy atom. The van der Waals surface area contributed by atoms with Gasteiger partial charge in [-0.3, -0.25) is 33.6 Å². The molecule has 24 nitrogen and oxygen atoms in total. The zero-order chi connectivity index (χ0) is 45.1. The number of rotatable bonds is 22. The van der Waals surface area contributed by atoms with Crippen LogP contribution in [0.15, 0.2) is 0 Å². The van der Waals surface area contributed by atoms with Gasteiger partial charge in [-0.05, 0) is 20.8 Å². The third kappa shape index (κ3) is 21.6. The Morgan fingerprint density at radius 3 is 1.33 bits per heavy atom. The van der Waals surface area contributed by atoms with E-state index in [1.807, 2.05) is 0 Å². The zero-order valence-corrected chi connectivity index (χ0v) is 33.5. The summed E-state index contributed by atoms with van der Waals surface area (Å²) in [4.78, 5) is 122. The maximum absolute atomic E-state index is 13.5. The number of aliphatic hydroxyl groups is 3. The number of esters is 9. The first-order chi connectivity index (χ1) is 26.6. The van der Waals surface area contributed by atoms with Crippen molar-refractivity contribution >= 4 is 59.8 Å². The Balaban J connectivity index is 6.68. The maximum atomic E-state index is 13.5. The Bertz CT molecular complexity index is 1470. The van der Waals surface area contributed by atoms with Crippen LogP contribution in [0, 0.1) is 0 Å². The number of hydrogen-bond donors (Lipinski definition) is 4. The average molecular weight is 842 g/mol. The van der Waals surface area contributed by atoms with Crippen LogP contribution < -0.4 is 5.32 Å². The first-order valence-electron chi connectivity index (χ1n) is 17.1. The van der Waals surface area contributed by atoms with Gasteiger partial charge >= 0.3 is 59.8 Å². The SMILES string of the molecule is CC(=O)OC[C@@H](O)[C@@H](OC(C)=O)[C@H](OC(C)=O)[C@@H](OC(C)=O)C(=O)OCC(COC(=O)[C@H](OC(C)=O)[C@@H](O)[C@H](O)[C@@H](COC(C)=O)OC(C)=O)NC(=O)OC(C)(C)C. The van der Waals surface area contributed by atoms with E-state index in [9.17, 15) is 63.3 Å². The first-order valence-corrected chi connectivity index (χ1v) is 17.1. The van der Waals surface area contributed by atoms with Gasteiger partial charge in [-0.25, -0.2) is 14.4 Å². The van der Waals surface area contributed by atoms with Crippen molar-refractivity contribution < 1.29 is 111 Å². The highest BCUT2D eigenvalue weighted by atomic mass is 16.6. The summed E-state index contributed by atoms with van der Waals surface area (Å²) in [5.74, 6) is -10.5. The summed E-state index contributed by atoms with van der Waals surface area (Å²) in [5.41, 5.74) is -1.11. The van der Waals surface area contributed by atoms with Crippen LogP contribution in [0.5, 0.6) is 0 Å². The zero-order valence-electron chi connectivity index (χ0n) is 33.5. The van der Waals surface area contributed by atoms with E-state index in [1.54, 1.807) is 0 Å². The molecular weight excluding hydrogens is 790 g/mol. The molecule has 58 heavy (non-hydrogen) atoms. The van der Waals surface area contributed by atoms with Crippen LogP contribution in [0.3, 0.4) is 0 Å². The fourth-order valence-corrected chi connectivity index (χ4v) is 4.36. The molecule has 0 saturated heterocycles. The Morgan fingerprint density at radius 1 is 0.483 bits per heavy atom. The van der Waals surface area contributed by atoms with Crippen LogP contribution in [0.4, 0.5) is 4.79 Å². The second kappa shape index (κ2) is 24.9. The second-order valence-electron chi connectivity index (χ2n) is 13.1. The van der Waals surface area contributed by atoms with Gasteiger partial charge in [0.25, 0.3) is 0 Å². The molecule has 0 aliphatic carbocycles. The number of nitrogens with one attached hydrogen (secondary N) is 1. The van der Waals surface area contributed by atoms with Gasteiger partial charge in [0.2, 0.25) is 12.2 Å². The summed E-state index contributed by atoms with van der Waals surface area (Å²) in [6.07, 6.45) is -18.5. The van der Waals surface area contributed by atoms with Gasteiger partial charge in [-0.15, -0.1) is 0 Å². The predicted molar refractivity (Wildman–Crippen MR) is 184 cm³/mol. The quantitative estimate of drug-likeness (QED) is 0.0666. The maximum Gasteiger partial charge on any atom is 0.408 e. The Labute approximate surface area is 331 Å². The molecule has 9 atom stereocenters. The van der Waals surface area contributed by atoms with Crippen molar-refractivity contribution in [2.45, 2.75) is 130 Å². The number of amides is 1. The van der Waals surface area contributed by atoms with Crippen LogP contribution in [-0.2, 0) is 90.5 Å². The van der Waals surface area contributed by atoms with Crippen molar-refractivity contribution in [3.63, 3.8) is 0 Å². The fraction of sp³-hybridized carbons (Fsp3) is 0.706. The van der Waals surface area contributed by atoms with Crippen LogP contribution in [0.2, 0.25) is 0 Å². The minimum atomic E-state index is -2.41. The van der Waals surface area contributed by atoms with Crippen molar-refractivity contribution in [3.8, 4) is 0 Å². The average Bonchev–Trinajstić information content (AvgIpc) is 3.07. The first kappa shape index (κ1) is 52.4. The lowest BCUT2D eigenvalue weighted by Crippen LogP contribution is -2.55. The van der Waals surface area contributed by atoms with Crippen molar-refractivity contribution in [1.29, 1.82) is 0 Å². The van der Waals surface area contributed by atoms with E-state index in [-0.39, 0.29) is 0 Å². The number of ether oxygens (including phenoxy) is 10. The molecule has 0 bridgehead atoms. The second-order valence-corrected chi connectivity index (χ2v) is 13.1. The lowest BCUT2D eigenvalue weighted by atomic mass is 10.0. The molecule has 0 aliphatic heterocycles. The largest absolute Gasteiger partial charge is 0.463 e. The topological polar surface area (TPSA) is 336 Å². The molecule has 0 aromatic carbocycles. The molecular formula is C34H51NO23. The van der Waals surface area contributed by atoms with Crippen LogP contribution >= 0.6 is 0 Å². The highest BCUT2D eigenvalue weighted by Crippen LogP contribution is 2.20. The molecule has 24 heteroatoms.